The highest BCUT2D eigenvalue weighted by molar-refractivity contribution is 5.34. The van der Waals surface area contributed by atoms with Crippen LogP contribution in [-0.4, -0.2) is 52.8 Å². The highest BCUT2D eigenvalue weighted by Crippen LogP contribution is 2.19. The lowest BCUT2D eigenvalue weighted by Gasteiger charge is -2.36. The van der Waals surface area contributed by atoms with Crippen molar-refractivity contribution in [2.24, 2.45) is 0 Å². The Morgan fingerprint density at radius 2 is 1.88 bits per heavy atom. The third kappa shape index (κ3) is 4.06. The number of aryl methyl sites for hydroxylation is 1. The van der Waals surface area contributed by atoms with E-state index in [0.29, 0.717) is 12.0 Å². The van der Waals surface area contributed by atoms with E-state index < -0.39 is 0 Å². The van der Waals surface area contributed by atoms with Crippen LogP contribution in [0.3, 0.4) is 0 Å². The SMILES string of the molecule is CCc1ccc(CCN(C)C2CCN(c3nc(N)n[nH]3)CC2)cc1. The Balaban J connectivity index is 1.45. The van der Waals surface area contributed by atoms with Crippen LogP contribution in [0.1, 0.15) is 30.9 Å². The molecule has 1 saturated heterocycles. The highest BCUT2D eigenvalue weighted by Gasteiger charge is 2.23. The number of rotatable bonds is 6. The number of nitrogens with zero attached hydrogens (tertiary/aromatic N) is 4. The lowest BCUT2D eigenvalue weighted by atomic mass is 10.0. The molecule has 6 heteroatoms. The highest BCUT2D eigenvalue weighted by atomic mass is 15.4. The van der Waals surface area contributed by atoms with Crippen molar-refractivity contribution < 1.29 is 0 Å². The van der Waals surface area contributed by atoms with Crippen LogP contribution >= 0.6 is 0 Å². The second kappa shape index (κ2) is 7.66. The monoisotopic (exact) mass is 328 g/mol. The van der Waals surface area contributed by atoms with Gasteiger partial charge in [-0.05, 0) is 43.9 Å². The van der Waals surface area contributed by atoms with Gasteiger partial charge in [0.2, 0.25) is 11.9 Å². The fraction of sp³-hybridized carbons (Fsp3) is 0.556. The number of hydrogen-bond acceptors (Lipinski definition) is 5. The van der Waals surface area contributed by atoms with Crippen LogP contribution in [0.2, 0.25) is 0 Å². The normalized spacial score (nSPS) is 16.0. The number of nitrogens with one attached hydrogen (secondary N) is 1. The van der Waals surface area contributed by atoms with Gasteiger partial charge in [0.1, 0.15) is 0 Å². The molecule has 0 radical (unpaired) electrons. The summed E-state index contributed by atoms with van der Waals surface area (Å²) in [5, 5.41) is 6.81. The van der Waals surface area contributed by atoms with Crippen LogP contribution in [0.15, 0.2) is 24.3 Å². The molecule has 3 rings (SSSR count). The van der Waals surface area contributed by atoms with Gasteiger partial charge >= 0.3 is 0 Å². The molecule has 2 aromatic rings. The quantitative estimate of drug-likeness (QED) is 0.849. The van der Waals surface area contributed by atoms with Crippen LogP contribution in [0.25, 0.3) is 0 Å². The first kappa shape index (κ1) is 16.8. The van der Waals surface area contributed by atoms with Gasteiger partial charge in [-0.15, -0.1) is 5.10 Å². The summed E-state index contributed by atoms with van der Waals surface area (Å²) in [6.07, 6.45) is 4.51. The maximum absolute atomic E-state index is 5.59. The van der Waals surface area contributed by atoms with Gasteiger partial charge in [0, 0.05) is 25.7 Å². The van der Waals surface area contributed by atoms with Crippen molar-refractivity contribution in [3.05, 3.63) is 35.4 Å². The number of aromatic nitrogens is 3. The van der Waals surface area contributed by atoms with Crippen molar-refractivity contribution in [3.63, 3.8) is 0 Å². The number of anilines is 2. The molecule has 1 aliphatic heterocycles. The van der Waals surface area contributed by atoms with Gasteiger partial charge in [-0.25, -0.2) is 5.10 Å². The van der Waals surface area contributed by atoms with Crippen LogP contribution in [-0.2, 0) is 12.8 Å². The number of benzene rings is 1. The molecular weight excluding hydrogens is 300 g/mol. The first-order chi connectivity index (χ1) is 11.7. The smallest absolute Gasteiger partial charge is 0.241 e. The molecule has 1 aromatic carbocycles. The molecule has 6 nitrogen and oxygen atoms in total. The topological polar surface area (TPSA) is 74.1 Å². The molecule has 0 aliphatic carbocycles. The van der Waals surface area contributed by atoms with Crippen molar-refractivity contribution in [2.75, 3.05) is 37.3 Å². The number of nitrogen functional groups attached to an aromatic ring is 1. The average Bonchev–Trinajstić information content (AvgIpc) is 3.06. The van der Waals surface area contributed by atoms with E-state index in [-0.39, 0.29) is 0 Å². The van der Waals surface area contributed by atoms with E-state index in [1.165, 1.54) is 11.1 Å². The number of nitrogens with two attached hydrogens (primary N) is 1. The summed E-state index contributed by atoms with van der Waals surface area (Å²) in [7, 11) is 2.24. The van der Waals surface area contributed by atoms with Gasteiger partial charge in [-0.2, -0.15) is 4.98 Å². The summed E-state index contributed by atoms with van der Waals surface area (Å²) in [6, 6.07) is 9.66. The molecule has 1 fully saturated rings. The first-order valence-corrected chi connectivity index (χ1v) is 8.86. The number of likely N-dealkylation sites (N-methyl/N-ethyl adjacent to an activating group) is 1. The maximum atomic E-state index is 5.59. The largest absolute Gasteiger partial charge is 0.366 e. The van der Waals surface area contributed by atoms with Crippen LogP contribution in [0, 0.1) is 0 Å². The summed E-state index contributed by atoms with van der Waals surface area (Å²) in [5.41, 5.74) is 8.42. The summed E-state index contributed by atoms with van der Waals surface area (Å²) in [5.74, 6) is 1.11. The van der Waals surface area contributed by atoms with Crippen LogP contribution in [0.5, 0.6) is 0 Å². The standard InChI is InChI=1S/C18H28N6/c1-3-14-4-6-15(7-5-14)8-11-23(2)16-9-12-24(13-10-16)18-20-17(19)21-22-18/h4-7,16H,3,8-13H2,1-2H3,(H3,19,20,21,22). The Bertz CT molecular complexity index is 627. The van der Waals surface area contributed by atoms with Crippen molar-refractivity contribution in [1.29, 1.82) is 0 Å². The predicted molar refractivity (Wildman–Crippen MR) is 98.2 cm³/mol. The van der Waals surface area contributed by atoms with E-state index in [2.05, 4.69) is 63.2 Å². The zero-order valence-corrected chi connectivity index (χ0v) is 14.7. The molecule has 1 aromatic heterocycles. The molecule has 2 heterocycles. The molecule has 0 unspecified atom stereocenters. The zero-order valence-electron chi connectivity index (χ0n) is 14.7. The van der Waals surface area contributed by atoms with E-state index in [1.807, 2.05) is 0 Å². The van der Waals surface area contributed by atoms with Crippen molar-refractivity contribution >= 4 is 11.9 Å². The predicted octanol–water partition coefficient (Wildman–Crippen LogP) is 2.09. The van der Waals surface area contributed by atoms with E-state index in [9.17, 15) is 0 Å². The number of aromatic amines is 1. The van der Waals surface area contributed by atoms with Gasteiger partial charge in [-0.1, -0.05) is 31.2 Å². The van der Waals surface area contributed by atoms with Crippen molar-refractivity contribution in [2.45, 2.75) is 38.6 Å². The van der Waals surface area contributed by atoms with Crippen molar-refractivity contribution in [1.82, 2.24) is 20.1 Å². The Morgan fingerprint density at radius 3 is 2.46 bits per heavy atom. The lowest BCUT2D eigenvalue weighted by Crippen LogP contribution is -2.44. The lowest BCUT2D eigenvalue weighted by molar-refractivity contribution is 0.209. The second-order valence-corrected chi connectivity index (χ2v) is 6.64. The molecule has 0 bridgehead atoms. The van der Waals surface area contributed by atoms with Gasteiger partial charge in [0.15, 0.2) is 0 Å². The summed E-state index contributed by atoms with van der Waals surface area (Å²) < 4.78 is 0. The van der Waals surface area contributed by atoms with Gasteiger partial charge in [0.05, 0.1) is 0 Å². The van der Waals surface area contributed by atoms with Crippen molar-refractivity contribution in [3.8, 4) is 0 Å². The molecule has 0 amide bonds. The average molecular weight is 328 g/mol. The van der Waals surface area contributed by atoms with E-state index in [0.717, 1.165) is 51.3 Å². The van der Waals surface area contributed by atoms with Gasteiger partial charge in [0.25, 0.3) is 0 Å². The Kier molecular flexibility index (Phi) is 5.35. The Hall–Kier alpha value is -2.08. The minimum absolute atomic E-state index is 0.318. The maximum Gasteiger partial charge on any atom is 0.241 e. The van der Waals surface area contributed by atoms with Crippen LogP contribution in [0.4, 0.5) is 11.9 Å². The molecule has 130 valence electrons. The zero-order chi connectivity index (χ0) is 16.9. The van der Waals surface area contributed by atoms with E-state index in [4.69, 9.17) is 5.73 Å². The number of H-pyrrole nitrogens is 1. The molecule has 0 spiro atoms. The molecular formula is C18H28N6. The fourth-order valence-corrected chi connectivity index (χ4v) is 3.36. The summed E-state index contributed by atoms with van der Waals surface area (Å²) in [6.45, 7) is 5.29. The molecule has 24 heavy (non-hydrogen) atoms. The molecule has 1 aliphatic rings. The fourth-order valence-electron chi connectivity index (χ4n) is 3.36. The Labute approximate surface area is 144 Å². The Morgan fingerprint density at radius 1 is 1.21 bits per heavy atom. The summed E-state index contributed by atoms with van der Waals surface area (Å²) >= 11 is 0. The third-order valence-electron chi connectivity index (χ3n) is 5.06. The third-order valence-corrected chi connectivity index (χ3v) is 5.06. The minimum atomic E-state index is 0.318. The van der Waals surface area contributed by atoms with E-state index >= 15 is 0 Å². The van der Waals surface area contributed by atoms with Gasteiger partial charge in [-0.3, -0.25) is 0 Å². The molecule has 0 atom stereocenters. The van der Waals surface area contributed by atoms with Gasteiger partial charge < -0.3 is 15.5 Å². The van der Waals surface area contributed by atoms with Crippen LogP contribution < -0.4 is 10.6 Å². The first-order valence-electron chi connectivity index (χ1n) is 8.86. The molecule has 0 saturated carbocycles. The number of piperidine rings is 1. The second-order valence-electron chi connectivity index (χ2n) is 6.64. The summed E-state index contributed by atoms with van der Waals surface area (Å²) in [4.78, 5) is 8.95. The van der Waals surface area contributed by atoms with E-state index in [1.54, 1.807) is 0 Å². The molecule has 3 N–H and O–H groups in total. The number of hydrogen-bond donors (Lipinski definition) is 2. The minimum Gasteiger partial charge on any atom is -0.366 e.